The Kier molecular flexibility index (Phi) is 79.3. The molecule has 0 spiro atoms. The summed E-state index contributed by atoms with van der Waals surface area (Å²) in [5.74, 6) is 0. The summed E-state index contributed by atoms with van der Waals surface area (Å²) in [6.45, 7) is 1.93. The molecule has 0 aliphatic rings. The van der Waals surface area contributed by atoms with E-state index in [1.54, 1.807) is 6.92 Å². The third-order valence-electron chi connectivity index (χ3n) is 0. The zero-order chi connectivity index (χ0) is 2.71. The Balaban J connectivity index is -0.0000000200. The van der Waals surface area contributed by atoms with Gasteiger partial charge in [0.25, 0.3) is 0 Å². The Morgan fingerprint density at radius 1 is 1.60 bits per heavy atom. The van der Waals surface area contributed by atoms with Crippen molar-refractivity contribution in [2.75, 3.05) is 6.61 Å². The van der Waals surface area contributed by atoms with Crippen LogP contribution in [-0.2, 0) is 21.1 Å². The van der Waals surface area contributed by atoms with Crippen molar-refractivity contribution in [2.45, 2.75) is 6.92 Å². The molecule has 0 radical (unpaired) electrons. The Hall–Kier alpha value is 0.648. The van der Waals surface area contributed by atoms with Gasteiger partial charge in [0.05, 0.1) is 0 Å². The monoisotopic (exact) mass is 245 g/mol. The second kappa shape index (κ2) is 22.8. The van der Waals surface area contributed by atoms with Crippen molar-refractivity contribution < 1.29 is 26.2 Å². The number of rotatable bonds is 0. The largest absolute Gasteiger partial charge is 0.397 e. The quantitative estimate of drug-likeness (QED) is 0.614. The van der Waals surface area contributed by atoms with E-state index in [9.17, 15) is 0 Å². The molecule has 0 atom stereocenters. The zero-order valence-corrected chi connectivity index (χ0v) is 6.50. The predicted octanol–water partition coefficient (Wildman–Crippen LogP) is 0.446. The van der Waals surface area contributed by atoms with Gasteiger partial charge in [-0.15, -0.1) is 0 Å². The minimum atomic E-state index is 0. The fourth-order valence-corrected chi connectivity index (χ4v) is 0. The molecule has 0 aliphatic carbocycles. The first-order chi connectivity index (χ1) is 1.41. The average molecular weight is 245 g/mol. The van der Waals surface area contributed by atoms with Crippen LogP contribution in [0.1, 0.15) is 6.92 Å². The second-order valence-electron chi connectivity index (χ2n) is 0.316. The fourth-order valence-electron chi connectivity index (χ4n) is 0. The van der Waals surface area contributed by atoms with Crippen molar-refractivity contribution in [1.82, 2.24) is 0 Å². The summed E-state index contributed by atoms with van der Waals surface area (Å²) in [6.07, 6.45) is 0. The molecule has 0 aliphatic heterocycles. The van der Waals surface area contributed by atoms with Gasteiger partial charge in [-0.25, -0.2) is 0 Å². The summed E-state index contributed by atoms with van der Waals surface area (Å²) in [6, 6.07) is 0. The first-order valence-corrected chi connectivity index (χ1v) is 1.02. The minimum Gasteiger partial charge on any atom is -0.397 e. The molecule has 0 amide bonds. The van der Waals surface area contributed by atoms with Crippen LogP contribution in [0.25, 0.3) is 0 Å². The van der Waals surface area contributed by atoms with Gasteiger partial charge in [0, 0.05) is 27.7 Å². The van der Waals surface area contributed by atoms with E-state index in [2.05, 4.69) is 0 Å². The zero-order valence-electron chi connectivity index (χ0n) is 3.56. The van der Waals surface area contributed by atoms with Crippen LogP contribution < -0.4 is 0 Å². The van der Waals surface area contributed by atoms with Crippen molar-refractivity contribution in [3.63, 3.8) is 0 Å². The van der Waals surface area contributed by atoms with E-state index in [1.165, 1.54) is 0 Å². The summed E-state index contributed by atoms with van der Waals surface area (Å²) >= 11 is 0. The Labute approximate surface area is 47.7 Å². The third-order valence-corrected chi connectivity index (χ3v) is 0. The van der Waals surface area contributed by atoms with Gasteiger partial charge < -0.3 is 12.5 Å². The molecule has 0 heterocycles. The van der Waals surface area contributed by atoms with Crippen molar-refractivity contribution >= 4 is 0 Å². The average Bonchev–Trinajstić information content (AvgIpc) is 0.918. The molecule has 0 rings (SSSR count). The van der Waals surface area contributed by atoms with E-state index >= 15 is 0 Å². The summed E-state index contributed by atoms with van der Waals surface area (Å²) in [5.41, 5.74) is 0. The molecule has 0 aromatic carbocycles. The van der Waals surface area contributed by atoms with Gasteiger partial charge in [0.2, 0.25) is 0 Å². The van der Waals surface area contributed by atoms with Crippen LogP contribution in [0.4, 0.5) is 0 Å². The minimum absolute atomic E-state index is 0. The number of aliphatic hydroxyl groups excluding tert-OH is 1. The molecule has 0 aromatic rings. The van der Waals surface area contributed by atoms with Gasteiger partial charge in [-0.1, -0.05) is 0 Å². The van der Waals surface area contributed by atoms with Crippen LogP contribution >= 0.6 is 0 Å². The molecule has 1 nitrogen and oxygen atoms in total. The van der Waals surface area contributed by atoms with Crippen LogP contribution in [0.2, 0.25) is 0 Å². The third kappa shape index (κ3) is 77.6. The summed E-state index contributed by atoms with van der Waals surface area (Å²) in [5, 5.41) is 7.57. The maximum Gasteiger partial charge on any atom is 0.0402 e. The van der Waals surface area contributed by atoms with Crippen molar-refractivity contribution in [2.24, 2.45) is 0 Å². The Morgan fingerprint density at radius 2 is 1.60 bits per heavy atom. The van der Waals surface area contributed by atoms with Crippen LogP contribution in [0, 0.1) is 7.43 Å². The number of aliphatic hydroxyl groups is 1. The Bertz CT molecular complexity index is 6.85. The first-order valence-electron chi connectivity index (χ1n) is 1.02. The summed E-state index contributed by atoms with van der Waals surface area (Å²) in [7, 11) is 0. The predicted molar refractivity (Wildman–Crippen MR) is 19.2 cm³/mol. The molecule has 0 saturated carbocycles. The molecule has 0 aromatic heterocycles. The van der Waals surface area contributed by atoms with Crippen molar-refractivity contribution in [3.05, 3.63) is 7.43 Å². The summed E-state index contributed by atoms with van der Waals surface area (Å²) in [4.78, 5) is 0. The van der Waals surface area contributed by atoms with Crippen molar-refractivity contribution in [1.29, 1.82) is 0 Å². The second-order valence-corrected chi connectivity index (χ2v) is 0.316. The van der Waals surface area contributed by atoms with E-state index < -0.39 is 0 Å². The molecular formula is C3H9OW-. The SMILES string of the molecule is CCO.[CH3-].[W]. The van der Waals surface area contributed by atoms with Crippen LogP contribution in [0.5, 0.6) is 0 Å². The maximum absolute atomic E-state index is 7.57. The van der Waals surface area contributed by atoms with Crippen LogP contribution in [0.15, 0.2) is 0 Å². The molecule has 0 unspecified atom stereocenters. The maximum atomic E-state index is 7.57. The van der Waals surface area contributed by atoms with Crippen LogP contribution in [0.3, 0.4) is 0 Å². The van der Waals surface area contributed by atoms with Crippen LogP contribution in [-0.4, -0.2) is 11.7 Å². The van der Waals surface area contributed by atoms with E-state index in [0.717, 1.165) is 0 Å². The van der Waals surface area contributed by atoms with Gasteiger partial charge in [0.15, 0.2) is 0 Å². The first kappa shape index (κ1) is 17.4. The smallest absolute Gasteiger partial charge is 0.0402 e. The van der Waals surface area contributed by atoms with Gasteiger partial charge in [-0.3, -0.25) is 0 Å². The summed E-state index contributed by atoms with van der Waals surface area (Å²) < 4.78 is 0. The van der Waals surface area contributed by atoms with E-state index in [1.807, 2.05) is 0 Å². The van der Waals surface area contributed by atoms with Gasteiger partial charge in [-0.2, -0.15) is 0 Å². The molecule has 0 bridgehead atoms. The topological polar surface area (TPSA) is 20.2 Å². The van der Waals surface area contributed by atoms with Crippen molar-refractivity contribution in [3.8, 4) is 0 Å². The van der Waals surface area contributed by atoms with E-state index in [4.69, 9.17) is 5.11 Å². The molecule has 5 heavy (non-hydrogen) atoms. The Morgan fingerprint density at radius 3 is 1.60 bits per heavy atom. The van der Waals surface area contributed by atoms with Gasteiger partial charge in [-0.05, 0) is 6.92 Å². The van der Waals surface area contributed by atoms with Gasteiger partial charge in [0.1, 0.15) is 0 Å². The van der Waals surface area contributed by atoms with E-state index in [-0.39, 0.29) is 35.1 Å². The standard InChI is InChI=1S/C2H6O.CH3.W/c1-2-3;;/h3H,2H2,1H3;1H3;/q;-1;. The number of hydrogen-bond donors (Lipinski definition) is 1. The fraction of sp³-hybridized carbons (Fsp3) is 0.667. The molecule has 0 saturated heterocycles. The van der Waals surface area contributed by atoms with E-state index in [0.29, 0.717) is 0 Å². The number of hydrogen-bond acceptors (Lipinski definition) is 1. The molecule has 34 valence electrons. The molecular weight excluding hydrogens is 236 g/mol. The molecule has 2 heteroatoms. The molecule has 0 fully saturated rings. The normalized spacial score (nSPS) is 3.60. The molecule has 1 N–H and O–H groups in total. The van der Waals surface area contributed by atoms with Gasteiger partial charge >= 0.3 is 0 Å².